The highest BCUT2D eigenvalue weighted by Gasteiger charge is 2.25. The van der Waals surface area contributed by atoms with Crippen LogP contribution in [-0.2, 0) is 0 Å². The monoisotopic (exact) mass is 525 g/mol. The lowest BCUT2D eigenvalue weighted by atomic mass is 10.2. The highest BCUT2D eigenvalue weighted by atomic mass is 127. The fourth-order valence-corrected chi connectivity index (χ4v) is 3.61. The summed E-state index contributed by atoms with van der Waals surface area (Å²) < 4.78 is 5.23. The average Bonchev–Trinajstić information content (AvgIpc) is 3.29. The topological polar surface area (TPSA) is 64.3 Å². The van der Waals surface area contributed by atoms with Gasteiger partial charge >= 0.3 is 0 Å². The van der Waals surface area contributed by atoms with Gasteiger partial charge in [-0.2, -0.15) is 0 Å². The van der Waals surface area contributed by atoms with Gasteiger partial charge in [-0.25, -0.2) is 0 Å². The van der Waals surface area contributed by atoms with E-state index in [0.29, 0.717) is 18.8 Å². The molecule has 0 atom stereocenters. The van der Waals surface area contributed by atoms with Crippen molar-refractivity contribution in [2.45, 2.75) is 13.8 Å². The Hall–Kier alpha value is -2.23. The van der Waals surface area contributed by atoms with Crippen LogP contribution in [0.3, 0.4) is 0 Å². The van der Waals surface area contributed by atoms with E-state index in [1.54, 1.807) is 19.2 Å². The summed E-state index contributed by atoms with van der Waals surface area (Å²) in [5.41, 5.74) is 2.51. The molecule has 1 aliphatic rings. The van der Waals surface area contributed by atoms with Gasteiger partial charge in [0.25, 0.3) is 5.91 Å². The van der Waals surface area contributed by atoms with Crippen molar-refractivity contribution in [3.8, 4) is 0 Å². The number of rotatable bonds is 6. The molecule has 164 valence electrons. The molecule has 1 fully saturated rings. The molecule has 30 heavy (non-hydrogen) atoms. The number of guanidine groups is 1. The molecule has 1 aromatic carbocycles. The van der Waals surface area contributed by atoms with Crippen molar-refractivity contribution in [3.63, 3.8) is 0 Å². The number of nitrogens with one attached hydrogen (secondary N) is 1. The van der Waals surface area contributed by atoms with Crippen LogP contribution in [0.1, 0.15) is 23.0 Å². The van der Waals surface area contributed by atoms with Crippen molar-refractivity contribution in [2.24, 2.45) is 4.99 Å². The number of carbonyl (C=O) groups is 1. The van der Waals surface area contributed by atoms with Crippen LogP contribution in [0.2, 0.25) is 0 Å². The Morgan fingerprint density at radius 3 is 2.50 bits per heavy atom. The zero-order valence-electron chi connectivity index (χ0n) is 18.0. The van der Waals surface area contributed by atoms with Crippen LogP contribution in [0, 0.1) is 6.92 Å². The number of benzene rings is 1. The molecular weight excluding hydrogens is 493 g/mol. The second-order valence-corrected chi connectivity index (χ2v) is 7.15. The number of aryl methyl sites for hydroxylation is 1. The number of carbonyl (C=O) groups excluding carboxylic acids is 1. The standard InChI is InChI=1S/C22H31N5O2.HI/c1-4-25(19-8-5-7-18(2)17-19)11-10-24-22(23-3)27-14-12-26(13-15-27)21(28)20-9-6-16-29-20;/h5-9,16-17H,4,10-15H2,1-3H3,(H,23,24);1H. The predicted octanol–water partition coefficient (Wildman–Crippen LogP) is 3.07. The summed E-state index contributed by atoms with van der Waals surface area (Å²) in [6.07, 6.45) is 1.53. The second-order valence-electron chi connectivity index (χ2n) is 7.15. The molecule has 8 heteroatoms. The smallest absolute Gasteiger partial charge is 0.289 e. The number of piperazine rings is 1. The summed E-state index contributed by atoms with van der Waals surface area (Å²) in [4.78, 5) is 23.2. The van der Waals surface area contributed by atoms with E-state index in [0.717, 1.165) is 38.7 Å². The van der Waals surface area contributed by atoms with Crippen LogP contribution in [0.15, 0.2) is 52.1 Å². The van der Waals surface area contributed by atoms with E-state index in [-0.39, 0.29) is 29.9 Å². The molecule has 0 spiro atoms. The molecule has 1 aromatic heterocycles. The van der Waals surface area contributed by atoms with Crippen LogP contribution in [-0.4, -0.2) is 74.5 Å². The van der Waals surface area contributed by atoms with E-state index in [9.17, 15) is 4.79 Å². The third-order valence-electron chi connectivity index (χ3n) is 5.22. The molecule has 2 aromatic rings. The van der Waals surface area contributed by atoms with Gasteiger partial charge < -0.3 is 24.4 Å². The van der Waals surface area contributed by atoms with Gasteiger partial charge in [0.2, 0.25) is 0 Å². The first kappa shape index (κ1) is 24.0. The van der Waals surface area contributed by atoms with Crippen LogP contribution in [0.25, 0.3) is 0 Å². The molecule has 3 rings (SSSR count). The van der Waals surface area contributed by atoms with E-state index in [4.69, 9.17) is 4.42 Å². The van der Waals surface area contributed by atoms with Gasteiger partial charge in [0.05, 0.1) is 6.26 Å². The lowest BCUT2D eigenvalue weighted by Crippen LogP contribution is -2.54. The first-order chi connectivity index (χ1) is 14.1. The first-order valence-corrected chi connectivity index (χ1v) is 10.2. The molecule has 2 heterocycles. The molecule has 0 aliphatic carbocycles. The molecule has 0 radical (unpaired) electrons. The van der Waals surface area contributed by atoms with Crippen molar-refractivity contribution in [2.75, 3.05) is 57.8 Å². The third kappa shape index (κ3) is 6.13. The summed E-state index contributed by atoms with van der Waals surface area (Å²) in [6, 6.07) is 12.0. The van der Waals surface area contributed by atoms with Gasteiger partial charge in [-0.1, -0.05) is 12.1 Å². The van der Waals surface area contributed by atoms with Crippen LogP contribution in [0.5, 0.6) is 0 Å². The summed E-state index contributed by atoms with van der Waals surface area (Å²) in [6.45, 7) is 9.77. The lowest BCUT2D eigenvalue weighted by Gasteiger charge is -2.36. The van der Waals surface area contributed by atoms with Gasteiger partial charge in [-0.3, -0.25) is 9.79 Å². The Morgan fingerprint density at radius 1 is 1.17 bits per heavy atom. The number of hydrogen-bond acceptors (Lipinski definition) is 4. The van der Waals surface area contributed by atoms with Gasteiger partial charge in [0.1, 0.15) is 0 Å². The third-order valence-corrected chi connectivity index (χ3v) is 5.22. The Kier molecular flexibility index (Phi) is 9.48. The number of furan rings is 1. The highest BCUT2D eigenvalue weighted by molar-refractivity contribution is 14.0. The maximum absolute atomic E-state index is 12.4. The molecule has 1 N–H and O–H groups in total. The Labute approximate surface area is 196 Å². The second kappa shape index (κ2) is 11.8. The molecule has 7 nitrogen and oxygen atoms in total. The number of likely N-dealkylation sites (N-methyl/N-ethyl adjacent to an activating group) is 1. The van der Waals surface area contributed by atoms with Crippen molar-refractivity contribution in [3.05, 3.63) is 54.0 Å². The Bertz CT molecular complexity index is 817. The first-order valence-electron chi connectivity index (χ1n) is 10.2. The Morgan fingerprint density at radius 2 is 1.90 bits per heavy atom. The van der Waals surface area contributed by atoms with Gasteiger partial charge in [-0.05, 0) is 43.7 Å². The minimum Gasteiger partial charge on any atom is -0.459 e. The maximum atomic E-state index is 12.4. The van der Waals surface area contributed by atoms with Crippen molar-refractivity contribution in [1.29, 1.82) is 0 Å². The van der Waals surface area contributed by atoms with Crippen LogP contribution < -0.4 is 10.2 Å². The molecule has 0 unspecified atom stereocenters. The number of halogens is 1. The average molecular weight is 525 g/mol. The van der Waals surface area contributed by atoms with E-state index >= 15 is 0 Å². The molecule has 0 bridgehead atoms. The van der Waals surface area contributed by atoms with Crippen molar-refractivity contribution in [1.82, 2.24) is 15.1 Å². The highest BCUT2D eigenvalue weighted by Crippen LogP contribution is 2.15. The minimum atomic E-state index is -0.0469. The number of anilines is 1. The number of amides is 1. The van der Waals surface area contributed by atoms with Gasteiger partial charge in [0, 0.05) is 58.5 Å². The van der Waals surface area contributed by atoms with E-state index in [1.807, 2.05) is 4.90 Å². The largest absolute Gasteiger partial charge is 0.459 e. The summed E-state index contributed by atoms with van der Waals surface area (Å²) in [7, 11) is 1.81. The fraction of sp³-hybridized carbons (Fsp3) is 0.455. The van der Waals surface area contributed by atoms with Crippen LogP contribution in [0.4, 0.5) is 5.69 Å². The predicted molar refractivity (Wildman–Crippen MR) is 132 cm³/mol. The summed E-state index contributed by atoms with van der Waals surface area (Å²) in [5, 5.41) is 3.47. The molecule has 1 amide bonds. The van der Waals surface area contributed by atoms with Crippen molar-refractivity contribution < 1.29 is 9.21 Å². The Balaban J connectivity index is 0.00000320. The minimum absolute atomic E-state index is 0. The maximum Gasteiger partial charge on any atom is 0.289 e. The number of nitrogens with zero attached hydrogens (tertiary/aromatic N) is 4. The van der Waals surface area contributed by atoms with Crippen molar-refractivity contribution >= 4 is 41.5 Å². The van der Waals surface area contributed by atoms with E-state index in [1.165, 1.54) is 17.5 Å². The molecular formula is C22H32IN5O2. The molecule has 1 aliphatic heterocycles. The fourth-order valence-electron chi connectivity index (χ4n) is 3.61. The zero-order valence-corrected chi connectivity index (χ0v) is 20.3. The lowest BCUT2D eigenvalue weighted by molar-refractivity contribution is 0.0658. The molecule has 0 saturated carbocycles. The number of hydrogen-bond donors (Lipinski definition) is 1. The van der Waals surface area contributed by atoms with Crippen LogP contribution >= 0.6 is 24.0 Å². The zero-order chi connectivity index (χ0) is 20.6. The summed E-state index contributed by atoms with van der Waals surface area (Å²) in [5.74, 6) is 1.24. The molecule has 1 saturated heterocycles. The van der Waals surface area contributed by atoms with E-state index < -0.39 is 0 Å². The quantitative estimate of drug-likeness (QED) is 0.357. The van der Waals surface area contributed by atoms with Gasteiger partial charge in [-0.15, -0.1) is 24.0 Å². The van der Waals surface area contributed by atoms with Gasteiger partial charge in [0.15, 0.2) is 11.7 Å². The van der Waals surface area contributed by atoms with E-state index in [2.05, 4.69) is 58.2 Å². The number of aliphatic imine (C=N–C) groups is 1. The SMILES string of the molecule is CCN(CCNC(=NC)N1CCN(C(=O)c2ccco2)CC1)c1cccc(C)c1.I. The normalized spacial score (nSPS) is 14.3. The summed E-state index contributed by atoms with van der Waals surface area (Å²) >= 11 is 0.